The molecule has 1 amide bonds. The third-order valence-electron chi connectivity index (χ3n) is 3.09. The number of nitrogens with zero attached hydrogens (tertiary/aromatic N) is 2. The zero-order chi connectivity index (χ0) is 14.0. The second-order valence-electron chi connectivity index (χ2n) is 4.80. The van der Waals surface area contributed by atoms with Crippen molar-refractivity contribution in [2.75, 3.05) is 30.4 Å². The number of aryl methyl sites for hydroxylation is 1. The van der Waals surface area contributed by atoms with Crippen molar-refractivity contribution in [2.45, 2.75) is 19.4 Å². The van der Waals surface area contributed by atoms with Crippen molar-refractivity contribution >= 4 is 32.2 Å². The number of amides is 1. The van der Waals surface area contributed by atoms with Gasteiger partial charge in [-0.3, -0.25) is 9.69 Å². The lowest BCUT2D eigenvalue weighted by atomic mass is 10.2. The van der Waals surface area contributed by atoms with E-state index < -0.39 is 9.84 Å². The second-order valence-corrected chi connectivity index (χ2v) is 8.26. The Morgan fingerprint density at radius 3 is 2.89 bits per heavy atom. The Bertz CT molecular complexity index is 567. The summed E-state index contributed by atoms with van der Waals surface area (Å²) >= 11 is 1.42. The van der Waals surface area contributed by atoms with Gasteiger partial charge in [0.15, 0.2) is 15.0 Å². The average molecular weight is 303 g/mol. The van der Waals surface area contributed by atoms with Gasteiger partial charge in [0.25, 0.3) is 0 Å². The predicted octanol–water partition coefficient (Wildman–Crippen LogP) is 0.509. The number of aromatic nitrogens is 1. The Morgan fingerprint density at radius 2 is 2.37 bits per heavy atom. The summed E-state index contributed by atoms with van der Waals surface area (Å²) in [6.45, 7) is 2.10. The maximum absolute atomic E-state index is 11.8. The maximum Gasteiger partial charge on any atom is 0.240 e. The molecular formula is C11H17N3O3S2. The van der Waals surface area contributed by atoms with Crippen LogP contribution < -0.4 is 5.32 Å². The molecule has 0 aliphatic carbocycles. The summed E-state index contributed by atoms with van der Waals surface area (Å²) in [7, 11) is -1.14. The zero-order valence-electron chi connectivity index (χ0n) is 10.9. The zero-order valence-corrected chi connectivity index (χ0v) is 12.6. The highest BCUT2D eigenvalue weighted by molar-refractivity contribution is 7.91. The highest BCUT2D eigenvalue weighted by Crippen LogP contribution is 2.18. The van der Waals surface area contributed by atoms with Crippen LogP contribution in [0.3, 0.4) is 0 Å². The van der Waals surface area contributed by atoms with Gasteiger partial charge in [0.05, 0.1) is 18.1 Å². The molecule has 0 spiro atoms. The standard InChI is InChI=1S/C11H17N3O3S2/c1-8-5-12-11(18-8)13-10(15)6-14(2)9-3-4-19(16,17)7-9/h5,9H,3-4,6-7H2,1-2H3,(H,12,13,15)/t9-/m1/s1. The number of carbonyl (C=O) groups is 1. The molecule has 1 aromatic rings. The number of sulfone groups is 1. The summed E-state index contributed by atoms with van der Waals surface area (Å²) in [6, 6.07) is -0.0613. The van der Waals surface area contributed by atoms with Crippen LogP contribution in [-0.4, -0.2) is 55.3 Å². The minimum absolute atomic E-state index is 0.0613. The summed E-state index contributed by atoms with van der Waals surface area (Å²) in [5.74, 6) is 0.198. The molecule has 1 aliphatic rings. The van der Waals surface area contributed by atoms with E-state index in [1.807, 2.05) is 6.92 Å². The first-order valence-corrected chi connectivity index (χ1v) is 8.62. The molecule has 8 heteroatoms. The third-order valence-corrected chi connectivity index (χ3v) is 5.67. The van der Waals surface area contributed by atoms with Crippen molar-refractivity contribution in [1.29, 1.82) is 0 Å². The van der Waals surface area contributed by atoms with Crippen LogP contribution >= 0.6 is 11.3 Å². The smallest absolute Gasteiger partial charge is 0.240 e. The molecule has 1 aliphatic heterocycles. The van der Waals surface area contributed by atoms with Crippen molar-refractivity contribution in [1.82, 2.24) is 9.88 Å². The molecule has 2 heterocycles. The molecule has 2 rings (SSSR count). The van der Waals surface area contributed by atoms with E-state index in [0.717, 1.165) is 4.88 Å². The topological polar surface area (TPSA) is 79.4 Å². The van der Waals surface area contributed by atoms with Gasteiger partial charge in [-0.15, -0.1) is 11.3 Å². The molecule has 6 nitrogen and oxygen atoms in total. The highest BCUT2D eigenvalue weighted by Gasteiger charge is 2.31. The molecule has 1 aromatic heterocycles. The van der Waals surface area contributed by atoms with Crippen LogP contribution in [0.2, 0.25) is 0 Å². The first-order chi connectivity index (χ1) is 8.85. The van der Waals surface area contributed by atoms with Crippen molar-refractivity contribution in [3.63, 3.8) is 0 Å². The number of thiazole rings is 1. The van der Waals surface area contributed by atoms with E-state index in [9.17, 15) is 13.2 Å². The van der Waals surface area contributed by atoms with Gasteiger partial charge in [0.1, 0.15) is 0 Å². The normalized spacial score (nSPS) is 21.7. The van der Waals surface area contributed by atoms with E-state index in [-0.39, 0.29) is 30.0 Å². The predicted molar refractivity (Wildman–Crippen MR) is 75.2 cm³/mol. The molecule has 0 radical (unpaired) electrons. The van der Waals surface area contributed by atoms with Crippen molar-refractivity contribution < 1.29 is 13.2 Å². The van der Waals surface area contributed by atoms with Gasteiger partial charge >= 0.3 is 0 Å². The van der Waals surface area contributed by atoms with Gasteiger partial charge in [-0.05, 0) is 20.4 Å². The molecule has 1 fully saturated rings. The minimum Gasteiger partial charge on any atom is -0.301 e. The molecule has 19 heavy (non-hydrogen) atoms. The number of anilines is 1. The van der Waals surface area contributed by atoms with Gasteiger partial charge in [-0.25, -0.2) is 13.4 Å². The van der Waals surface area contributed by atoms with Gasteiger partial charge in [0.2, 0.25) is 5.91 Å². The van der Waals surface area contributed by atoms with Crippen LogP contribution in [0.5, 0.6) is 0 Å². The average Bonchev–Trinajstić information content (AvgIpc) is 2.84. The summed E-state index contributed by atoms with van der Waals surface area (Å²) in [4.78, 5) is 18.7. The monoisotopic (exact) mass is 303 g/mol. The van der Waals surface area contributed by atoms with Crippen molar-refractivity contribution in [2.24, 2.45) is 0 Å². The third kappa shape index (κ3) is 3.99. The molecule has 0 bridgehead atoms. The molecule has 1 saturated heterocycles. The largest absolute Gasteiger partial charge is 0.301 e. The van der Waals surface area contributed by atoms with E-state index in [1.165, 1.54) is 11.3 Å². The summed E-state index contributed by atoms with van der Waals surface area (Å²) < 4.78 is 22.8. The first kappa shape index (κ1) is 14.4. The van der Waals surface area contributed by atoms with E-state index in [0.29, 0.717) is 11.6 Å². The van der Waals surface area contributed by atoms with Gasteiger partial charge in [0, 0.05) is 17.1 Å². The lowest BCUT2D eigenvalue weighted by Crippen LogP contribution is -2.38. The Labute approximate surface area is 116 Å². The molecule has 0 saturated carbocycles. The van der Waals surface area contributed by atoms with Gasteiger partial charge < -0.3 is 5.32 Å². The van der Waals surface area contributed by atoms with Crippen molar-refractivity contribution in [3.8, 4) is 0 Å². The molecular weight excluding hydrogens is 286 g/mol. The molecule has 0 aromatic carbocycles. The van der Waals surface area contributed by atoms with Crippen LogP contribution in [0, 0.1) is 6.92 Å². The van der Waals surface area contributed by atoms with Crippen molar-refractivity contribution in [3.05, 3.63) is 11.1 Å². The first-order valence-electron chi connectivity index (χ1n) is 5.99. The molecule has 0 unspecified atom stereocenters. The van der Waals surface area contributed by atoms with Crippen LogP contribution in [0.1, 0.15) is 11.3 Å². The number of rotatable bonds is 4. The number of likely N-dealkylation sites (N-methyl/N-ethyl adjacent to an activating group) is 1. The van der Waals surface area contributed by atoms with Crippen LogP contribution in [0.15, 0.2) is 6.20 Å². The molecule has 1 atom stereocenters. The fraction of sp³-hybridized carbons (Fsp3) is 0.636. The summed E-state index contributed by atoms with van der Waals surface area (Å²) in [6.07, 6.45) is 2.30. The quantitative estimate of drug-likeness (QED) is 0.876. The fourth-order valence-corrected chi connectivity index (χ4v) is 4.54. The number of carbonyl (C=O) groups excluding carboxylic acids is 1. The van der Waals surface area contributed by atoms with E-state index in [4.69, 9.17) is 0 Å². The lowest BCUT2D eigenvalue weighted by Gasteiger charge is -2.21. The summed E-state index contributed by atoms with van der Waals surface area (Å²) in [5, 5.41) is 3.29. The van der Waals surface area contributed by atoms with E-state index in [2.05, 4.69) is 10.3 Å². The SMILES string of the molecule is Cc1cnc(NC(=O)CN(C)[C@@H]2CCS(=O)(=O)C2)s1. The highest BCUT2D eigenvalue weighted by atomic mass is 32.2. The number of nitrogens with one attached hydrogen (secondary N) is 1. The molecule has 106 valence electrons. The summed E-state index contributed by atoms with van der Waals surface area (Å²) in [5.41, 5.74) is 0. The fourth-order valence-electron chi connectivity index (χ4n) is 2.05. The Kier molecular flexibility index (Phi) is 4.22. The Hall–Kier alpha value is -0.990. The van der Waals surface area contributed by atoms with Gasteiger partial charge in [-0.2, -0.15) is 0 Å². The van der Waals surface area contributed by atoms with E-state index >= 15 is 0 Å². The Balaban J connectivity index is 1.85. The lowest BCUT2D eigenvalue weighted by molar-refractivity contribution is -0.117. The minimum atomic E-state index is -2.92. The second kappa shape index (κ2) is 5.56. The maximum atomic E-state index is 11.8. The Morgan fingerprint density at radius 1 is 1.63 bits per heavy atom. The van der Waals surface area contributed by atoms with Gasteiger partial charge in [-0.1, -0.05) is 0 Å². The number of hydrogen-bond donors (Lipinski definition) is 1. The van der Waals surface area contributed by atoms with Crippen LogP contribution in [-0.2, 0) is 14.6 Å². The van der Waals surface area contributed by atoms with Crippen LogP contribution in [0.25, 0.3) is 0 Å². The van der Waals surface area contributed by atoms with E-state index in [1.54, 1.807) is 18.1 Å². The van der Waals surface area contributed by atoms with Crippen LogP contribution in [0.4, 0.5) is 5.13 Å². The number of hydrogen-bond acceptors (Lipinski definition) is 6. The molecule has 1 N–H and O–H groups in total.